The molecule has 0 amide bonds. The molecule has 2 fully saturated rings. The summed E-state index contributed by atoms with van der Waals surface area (Å²) in [6.45, 7) is 10.3. The molecule has 1 aromatic rings. The molecular formula is C20H34N3O6PS. The van der Waals surface area contributed by atoms with Crippen molar-refractivity contribution in [3.63, 3.8) is 0 Å². The van der Waals surface area contributed by atoms with Crippen molar-refractivity contribution in [2.45, 2.75) is 90.9 Å². The van der Waals surface area contributed by atoms with Crippen molar-refractivity contribution in [2.75, 3.05) is 12.3 Å². The van der Waals surface area contributed by atoms with E-state index in [2.05, 4.69) is 25.8 Å². The Hall–Kier alpha value is -0.870. The number of aryl methyl sites for hydroxylation is 1. The molecule has 3 heterocycles. The monoisotopic (exact) mass is 475 g/mol. The summed E-state index contributed by atoms with van der Waals surface area (Å²) in [4.78, 5) is 27.4. The smallest absolute Gasteiger partial charge is 0.351 e. The maximum atomic E-state index is 12.6. The van der Waals surface area contributed by atoms with Gasteiger partial charge >= 0.3 is 12.4 Å². The molecule has 0 aliphatic carbocycles. The van der Waals surface area contributed by atoms with Gasteiger partial charge < -0.3 is 24.6 Å². The van der Waals surface area contributed by atoms with Gasteiger partial charge in [-0.3, -0.25) is 9.09 Å². The third-order valence-corrected chi connectivity index (χ3v) is 6.96. The predicted molar refractivity (Wildman–Crippen MR) is 121 cm³/mol. The highest BCUT2D eigenvalue weighted by molar-refractivity contribution is 8.07. The average Bonchev–Trinajstić information content (AvgIpc) is 2.70. The highest BCUT2D eigenvalue weighted by Gasteiger charge is 2.62. The molecule has 2 saturated heterocycles. The van der Waals surface area contributed by atoms with Crippen molar-refractivity contribution >= 4 is 24.3 Å². The molecule has 3 rings (SSSR count). The van der Waals surface area contributed by atoms with Gasteiger partial charge in [0.1, 0.15) is 23.6 Å². The summed E-state index contributed by atoms with van der Waals surface area (Å²) < 4.78 is 25.7. The van der Waals surface area contributed by atoms with Gasteiger partial charge in [0.05, 0.1) is 12.2 Å². The van der Waals surface area contributed by atoms with Crippen LogP contribution in [0.5, 0.6) is 0 Å². The van der Waals surface area contributed by atoms with E-state index in [0.29, 0.717) is 25.0 Å². The predicted octanol–water partition coefficient (Wildman–Crippen LogP) is 3.04. The second-order valence-electron chi connectivity index (χ2n) is 10.6. The van der Waals surface area contributed by atoms with E-state index in [-0.39, 0.29) is 11.2 Å². The van der Waals surface area contributed by atoms with Gasteiger partial charge in [0, 0.05) is 18.2 Å². The summed E-state index contributed by atoms with van der Waals surface area (Å²) in [7, 11) is 0. The van der Waals surface area contributed by atoms with Crippen molar-refractivity contribution in [3.05, 3.63) is 22.2 Å². The molecule has 2 aliphatic heterocycles. The van der Waals surface area contributed by atoms with Gasteiger partial charge in [-0.15, -0.1) is 0 Å². The Bertz CT molecular complexity index is 940. The van der Waals surface area contributed by atoms with Crippen LogP contribution in [0, 0.1) is 12.3 Å². The number of anilines is 1. The summed E-state index contributed by atoms with van der Waals surface area (Å²) in [5.41, 5.74) is 4.28. The van der Waals surface area contributed by atoms with Gasteiger partial charge in [0.25, 0.3) is 0 Å². The number of nitrogens with two attached hydrogens (primary N) is 1. The van der Waals surface area contributed by atoms with Crippen molar-refractivity contribution in [3.8, 4) is 0 Å². The van der Waals surface area contributed by atoms with Crippen molar-refractivity contribution in [1.82, 2.24) is 9.55 Å². The highest BCUT2D eigenvalue weighted by atomic mass is 32.5. The first-order chi connectivity index (χ1) is 14.0. The zero-order valence-corrected chi connectivity index (χ0v) is 21.0. The standard InChI is InChI=1S/C20H34N3O6PS/c1-12-10-23(17(24)22-15(12)21)16-13-14(28-30(25,31)29-19(5,6)7)20(27-16,8-9-26-13)11-18(2,3)4/h10,13-14,16H,8-9,11H2,1-7H3,(H,25,31)(H2,21,22,24)/t13?,14?,16-,20-,30?/m1/s1. The fraction of sp³-hybridized carbons (Fsp3) is 0.800. The second kappa shape index (κ2) is 8.17. The van der Waals surface area contributed by atoms with Gasteiger partial charge in [-0.1, -0.05) is 20.8 Å². The van der Waals surface area contributed by atoms with Gasteiger partial charge in [0.2, 0.25) is 0 Å². The Morgan fingerprint density at radius 1 is 1.39 bits per heavy atom. The van der Waals surface area contributed by atoms with E-state index in [1.165, 1.54) is 4.57 Å². The number of rotatable bonds is 5. The molecule has 0 spiro atoms. The lowest BCUT2D eigenvalue weighted by molar-refractivity contribution is -0.134. The van der Waals surface area contributed by atoms with Crippen molar-refractivity contribution in [1.29, 1.82) is 0 Å². The van der Waals surface area contributed by atoms with Crippen LogP contribution < -0.4 is 11.4 Å². The number of ether oxygens (including phenoxy) is 2. The van der Waals surface area contributed by atoms with Crippen LogP contribution in [0.1, 0.15) is 66.2 Å². The van der Waals surface area contributed by atoms with Crippen LogP contribution in [0.25, 0.3) is 0 Å². The van der Waals surface area contributed by atoms with Crippen LogP contribution in [-0.4, -0.2) is 44.5 Å². The van der Waals surface area contributed by atoms with Crippen LogP contribution in [0.3, 0.4) is 0 Å². The molecule has 31 heavy (non-hydrogen) atoms. The van der Waals surface area contributed by atoms with E-state index in [0.717, 1.165) is 0 Å². The Morgan fingerprint density at radius 2 is 2.03 bits per heavy atom. The number of nitrogen functional groups attached to an aromatic ring is 1. The Kier molecular flexibility index (Phi) is 6.52. The van der Waals surface area contributed by atoms with Crippen LogP contribution in [0.4, 0.5) is 5.82 Å². The van der Waals surface area contributed by atoms with Crippen LogP contribution in [0.15, 0.2) is 11.0 Å². The number of hydrogen-bond acceptors (Lipinski definition) is 8. The topological polar surface area (TPSA) is 118 Å². The number of nitrogens with zero attached hydrogens (tertiary/aromatic N) is 2. The lowest BCUT2D eigenvalue weighted by Crippen LogP contribution is -2.52. The SMILES string of the molecule is Cc1cn([C@@H]2O[C@@]3(CC(C)(C)C)CCOC2C3OP(O)(=S)OC(C)(C)C)c(=O)nc1N. The van der Waals surface area contributed by atoms with Gasteiger partial charge in [-0.05, 0) is 51.3 Å². The first-order valence-corrected chi connectivity index (χ1v) is 13.0. The first-order valence-electron chi connectivity index (χ1n) is 10.4. The van der Waals surface area contributed by atoms with Crippen LogP contribution in [-0.2, 0) is 30.3 Å². The molecule has 5 atom stereocenters. The van der Waals surface area contributed by atoms with E-state index in [1.807, 2.05) is 0 Å². The zero-order chi connectivity index (χ0) is 23.4. The van der Waals surface area contributed by atoms with Crippen molar-refractivity contribution in [2.24, 2.45) is 5.41 Å². The quantitative estimate of drug-likeness (QED) is 0.620. The molecule has 2 aliphatic rings. The largest absolute Gasteiger partial charge is 0.383 e. The number of aromatic nitrogens is 2. The summed E-state index contributed by atoms with van der Waals surface area (Å²) in [5.74, 6) is 0.171. The molecule has 9 nitrogen and oxygen atoms in total. The summed E-state index contributed by atoms with van der Waals surface area (Å²) in [5, 5.41) is 0. The van der Waals surface area contributed by atoms with Gasteiger partial charge in [-0.2, -0.15) is 4.98 Å². The molecular weight excluding hydrogens is 441 g/mol. The van der Waals surface area contributed by atoms with E-state index in [9.17, 15) is 9.69 Å². The third-order valence-electron chi connectivity index (χ3n) is 5.20. The maximum Gasteiger partial charge on any atom is 0.351 e. The molecule has 2 bridgehead atoms. The maximum absolute atomic E-state index is 12.6. The highest BCUT2D eigenvalue weighted by Crippen LogP contribution is 2.57. The van der Waals surface area contributed by atoms with E-state index in [4.69, 9.17) is 36.1 Å². The van der Waals surface area contributed by atoms with E-state index < -0.39 is 42.0 Å². The molecule has 3 unspecified atom stereocenters. The molecule has 3 N–H and O–H groups in total. The molecule has 176 valence electrons. The Labute approximate surface area is 188 Å². The normalized spacial score (nSPS) is 30.9. The number of fused-ring (bicyclic) bond motifs is 2. The minimum Gasteiger partial charge on any atom is -0.383 e. The lowest BCUT2D eigenvalue weighted by Gasteiger charge is -2.43. The molecule has 0 aromatic carbocycles. The molecule has 0 saturated carbocycles. The lowest BCUT2D eigenvalue weighted by atomic mass is 9.76. The van der Waals surface area contributed by atoms with Gasteiger partial charge in [-0.25, -0.2) is 4.79 Å². The number of hydrogen-bond donors (Lipinski definition) is 2. The van der Waals surface area contributed by atoms with E-state index in [1.54, 1.807) is 33.9 Å². The first kappa shape index (κ1) is 24.8. The summed E-state index contributed by atoms with van der Waals surface area (Å²) in [6.07, 6.45) is 0.580. The fourth-order valence-electron chi connectivity index (χ4n) is 4.33. The third kappa shape index (κ3) is 5.55. The molecule has 1 aromatic heterocycles. The second-order valence-corrected chi connectivity index (χ2v) is 13.3. The zero-order valence-electron chi connectivity index (χ0n) is 19.2. The van der Waals surface area contributed by atoms with Crippen LogP contribution in [0.2, 0.25) is 0 Å². The Balaban J connectivity index is 2.04. The fourth-order valence-corrected chi connectivity index (χ4v) is 6.62. The van der Waals surface area contributed by atoms with E-state index >= 15 is 0 Å². The Morgan fingerprint density at radius 3 is 2.61 bits per heavy atom. The molecule has 0 radical (unpaired) electrons. The van der Waals surface area contributed by atoms with Crippen LogP contribution >= 0.6 is 6.72 Å². The minimum atomic E-state index is -3.62. The molecule has 11 heteroatoms. The van der Waals surface area contributed by atoms with Gasteiger partial charge in [0.15, 0.2) is 6.23 Å². The summed E-state index contributed by atoms with van der Waals surface area (Å²) >= 11 is 5.33. The summed E-state index contributed by atoms with van der Waals surface area (Å²) in [6, 6.07) is 0. The van der Waals surface area contributed by atoms with Crippen molar-refractivity contribution < 1.29 is 23.4 Å². The minimum absolute atomic E-state index is 0.123. The average molecular weight is 476 g/mol.